The number of rotatable bonds is 4. The maximum Gasteiger partial charge on any atom is 0.407 e. The van der Waals surface area contributed by atoms with Gasteiger partial charge in [-0.05, 0) is 26.7 Å². The van der Waals surface area contributed by atoms with E-state index < -0.39 is 11.7 Å². The van der Waals surface area contributed by atoms with Crippen LogP contribution in [0.15, 0.2) is 0 Å². The van der Waals surface area contributed by atoms with Crippen LogP contribution in [0.5, 0.6) is 0 Å². The zero-order chi connectivity index (χ0) is 12.1. The summed E-state index contributed by atoms with van der Waals surface area (Å²) in [5.41, 5.74) is 5.42. The van der Waals surface area contributed by atoms with Crippen molar-refractivity contribution in [1.29, 1.82) is 0 Å². The highest BCUT2D eigenvalue weighted by molar-refractivity contribution is 5.67. The molecule has 90 valence electrons. The number of ether oxygens (including phenoxy) is 1. The van der Waals surface area contributed by atoms with Crippen LogP contribution in [0, 0.1) is 5.92 Å². The van der Waals surface area contributed by atoms with Crippen LogP contribution in [0.4, 0.5) is 4.79 Å². The number of alkyl carbamates (subject to hydrolysis) is 1. The number of nitrogens with one attached hydrogen (secondary N) is 1. The Balaban J connectivity index is 3.81. The van der Waals surface area contributed by atoms with Crippen molar-refractivity contribution in [2.75, 3.05) is 6.54 Å². The molecule has 0 rings (SSSR count). The lowest BCUT2D eigenvalue weighted by Gasteiger charge is -2.22. The van der Waals surface area contributed by atoms with E-state index in [1.54, 1.807) is 0 Å². The van der Waals surface area contributed by atoms with Gasteiger partial charge >= 0.3 is 6.09 Å². The lowest BCUT2D eigenvalue weighted by molar-refractivity contribution is 0.0521. The van der Waals surface area contributed by atoms with Gasteiger partial charge in [-0.3, -0.25) is 0 Å². The molecule has 0 unspecified atom stereocenters. The van der Waals surface area contributed by atoms with Gasteiger partial charge in [0.1, 0.15) is 5.60 Å². The average molecular weight is 216 g/mol. The second kappa shape index (κ2) is 5.95. The molecule has 0 aromatic heterocycles. The molecular formula is C11H24N2O2. The Hall–Kier alpha value is -0.770. The van der Waals surface area contributed by atoms with Gasteiger partial charge in [0.15, 0.2) is 0 Å². The molecule has 3 N–H and O–H groups in total. The predicted octanol–water partition coefficient (Wildman–Crippen LogP) is 1.88. The minimum Gasteiger partial charge on any atom is -0.444 e. The second-order valence-corrected chi connectivity index (χ2v) is 4.93. The molecule has 0 aromatic rings. The molecule has 0 aliphatic heterocycles. The molecule has 0 aliphatic rings. The predicted molar refractivity (Wildman–Crippen MR) is 61.7 cm³/mol. The van der Waals surface area contributed by atoms with Crippen LogP contribution >= 0.6 is 0 Å². The molecule has 0 bridgehead atoms. The fourth-order valence-corrected chi connectivity index (χ4v) is 1.02. The summed E-state index contributed by atoms with van der Waals surface area (Å²) >= 11 is 0. The van der Waals surface area contributed by atoms with E-state index in [1.165, 1.54) is 0 Å². The van der Waals surface area contributed by atoms with Gasteiger partial charge in [0.2, 0.25) is 0 Å². The lowest BCUT2D eigenvalue weighted by Crippen LogP contribution is -2.42. The smallest absolute Gasteiger partial charge is 0.407 e. The standard InChI is InChI=1S/C11H24N2O2/c1-6-8(2)9(12)7-13-10(14)15-11(3,4)5/h8-9H,6-7,12H2,1-5H3,(H,13,14)/t8-,9-/m0/s1. The zero-order valence-electron chi connectivity index (χ0n) is 10.5. The average Bonchev–Trinajstić information content (AvgIpc) is 2.10. The molecule has 0 aliphatic carbocycles. The van der Waals surface area contributed by atoms with Crippen molar-refractivity contribution < 1.29 is 9.53 Å². The van der Waals surface area contributed by atoms with E-state index in [4.69, 9.17) is 10.5 Å². The fourth-order valence-electron chi connectivity index (χ4n) is 1.02. The molecule has 0 radical (unpaired) electrons. The van der Waals surface area contributed by atoms with E-state index in [-0.39, 0.29) is 6.04 Å². The van der Waals surface area contributed by atoms with E-state index in [9.17, 15) is 4.79 Å². The highest BCUT2D eigenvalue weighted by Crippen LogP contribution is 2.07. The summed E-state index contributed by atoms with van der Waals surface area (Å²) in [7, 11) is 0. The van der Waals surface area contributed by atoms with Crippen LogP contribution in [-0.4, -0.2) is 24.3 Å². The Morgan fingerprint density at radius 2 is 2.00 bits per heavy atom. The third-order valence-corrected chi connectivity index (χ3v) is 2.26. The number of nitrogens with two attached hydrogens (primary N) is 1. The SMILES string of the molecule is CC[C@H](C)[C@@H](N)CNC(=O)OC(C)(C)C. The highest BCUT2D eigenvalue weighted by atomic mass is 16.6. The van der Waals surface area contributed by atoms with E-state index in [0.29, 0.717) is 12.5 Å². The second-order valence-electron chi connectivity index (χ2n) is 4.93. The van der Waals surface area contributed by atoms with Gasteiger partial charge in [0.05, 0.1) is 0 Å². The van der Waals surface area contributed by atoms with Gasteiger partial charge in [0.25, 0.3) is 0 Å². The van der Waals surface area contributed by atoms with Gasteiger partial charge in [-0.15, -0.1) is 0 Å². The Morgan fingerprint density at radius 1 is 1.47 bits per heavy atom. The van der Waals surface area contributed by atoms with Crippen molar-refractivity contribution in [2.45, 2.75) is 52.7 Å². The third kappa shape index (κ3) is 7.19. The third-order valence-electron chi connectivity index (χ3n) is 2.26. The molecular weight excluding hydrogens is 192 g/mol. The first kappa shape index (κ1) is 14.2. The molecule has 0 heterocycles. The van der Waals surface area contributed by atoms with Crippen molar-refractivity contribution in [3.63, 3.8) is 0 Å². The lowest BCUT2D eigenvalue weighted by atomic mass is 10.0. The van der Waals surface area contributed by atoms with Crippen LogP contribution in [-0.2, 0) is 4.74 Å². The summed E-state index contributed by atoms with van der Waals surface area (Å²) in [6.07, 6.45) is 0.609. The van der Waals surface area contributed by atoms with Crippen molar-refractivity contribution >= 4 is 6.09 Å². The summed E-state index contributed by atoms with van der Waals surface area (Å²) in [6, 6.07) is -0.0116. The van der Waals surface area contributed by atoms with Crippen LogP contribution in [0.25, 0.3) is 0 Å². The monoisotopic (exact) mass is 216 g/mol. The van der Waals surface area contributed by atoms with Crippen LogP contribution < -0.4 is 11.1 Å². The van der Waals surface area contributed by atoms with Crippen molar-refractivity contribution in [2.24, 2.45) is 11.7 Å². The number of hydrogen-bond donors (Lipinski definition) is 2. The molecule has 0 saturated heterocycles. The minimum atomic E-state index is -0.454. The largest absolute Gasteiger partial charge is 0.444 e. The quantitative estimate of drug-likeness (QED) is 0.754. The Morgan fingerprint density at radius 3 is 2.40 bits per heavy atom. The van der Waals surface area contributed by atoms with E-state index >= 15 is 0 Å². The van der Waals surface area contributed by atoms with Crippen LogP contribution in [0.3, 0.4) is 0 Å². The van der Waals surface area contributed by atoms with Crippen molar-refractivity contribution in [3.05, 3.63) is 0 Å². The topological polar surface area (TPSA) is 64.3 Å². The minimum absolute atomic E-state index is 0.0116. The molecule has 15 heavy (non-hydrogen) atoms. The molecule has 0 spiro atoms. The maximum absolute atomic E-state index is 11.3. The number of carbonyl (C=O) groups excluding carboxylic acids is 1. The maximum atomic E-state index is 11.3. The van der Waals surface area contributed by atoms with Crippen LogP contribution in [0.2, 0.25) is 0 Å². The summed E-state index contributed by atoms with van der Waals surface area (Å²) in [6.45, 7) is 10.1. The molecule has 0 fully saturated rings. The van der Waals surface area contributed by atoms with Gasteiger partial charge in [-0.1, -0.05) is 20.3 Å². The van der Waals surface area contributed by atoms with E-state index in [1.807, 2.05) is 20.8 Å². The number of amides is 1. The van der Waals surface area contributed by atoms with Crippen LogP contribution in [0.1, 0.15) is 41.0 Å². The summed E-state index contributed by atoms with van der Waals surface area (Å²) < 4.78 is 5.10. The summed E-state index contributed by atoms with van der Waals surface area (Å²) in [5, 5.41) is 2.67. The molecule has 4 heteroatoms. The summed E-state index contributed by atoms with van der Waals surface area (Å²) in [5.74, 6) is 0.403. The molecule has 4 nitrogen and oxygen atoms in total. The normalized spacial score (nSPS) is 15.6. The van der Waals surface area contributed by atoms with E-state index in [0.717, 1.165) is 6.42 Å². The highest BCUT2D eigenvalue weighted by Gasteiger charge is 2.17. The molecule has 0 aromatic carbocycles. The Labute approximate surface area is 92.6 Å². The molecule has 2 atom stereocenters. The summed E-state index contributed by atoms with van der Waals surface area (Å²) in [4.78, 5) is 11.3. The number of carbonyl (C=O) groups is 1. The Kier molecular flexibility index (Phi) is 5.65. The number of hydrogen-bond acceptors (Lipinski definition) is 3. The van der Waals surface area contributed by atoms with E-state index in [2.05, 4.69) is 19.2 Å². The Bertz CT molecular complexity index is 199. The van der Waals surface area contributed by atoms with Crippen molar-refractivity contribution in [3.8, 4) is 0 Å². The van der Waals surface area contributed by atoms with Gasteiger partial charge in [0, 0.05) is 12.6 Å². The molecule has 0 saturated carbocycles. The van der Waals surface area contributed by atoms with Crippen molar-refractivity contribution in [1.82, 2.24) is 5.32 Å². The molecule has 1 amide bonds. The van der Waals surface area contributed by atoms with Gasteiger partial charge in [-0.2, -0.15) is 0 Å². The fraction of sp³-hybridized carbons (Fsp3) is 0.909. The first-order valence-electron chi connectivity index (χ1n) is 5.48. The van der Waals surface area contributed by atoms with Gasteiger partial charge in [-0.25, -0.2) is 4.79 Å². The van der Waals surface area contributed by atoms with Gasteiger partial charge < -0.3 is 15.8 Å². The first-order chi connectivity index (χ1) is 6.76. The zero-order valence-corrected chi connectivity index (χ0v) is 10.5. The first-order valence-corrected chi connectivity index (χ1v) is 5.48.